The van der Waals surface area contributed by atoms with Crippen LogP contribution in [-0.2, 0) is 19.2 Å². The molecule has 2 heterocycles. The topological polar surface area (TPSA) is 149 Å². The van der Waals surface area contributed by atoms with Crippen LogP contribution in [0.3, 0.4) is 0 Å². The predicted molar refractivity (Wildman–Crippen MR) is 146 cm³/mol. The molecule has 40 heavy (non-hydrogen) atoms. The summed E-state index contributed by atoms with van der Waals surface area (Å²) in [4.78, 5) is 57.7. The van der Waals surface area contributed by atoms with E-state index in [1.54, 1.807) is 38.4 Å². The Labute approximate surface area is 236 Å². The Morgan fingerprint density at radius 1 is 1.18 bits per heavy atom. The highest BCUT2D eigenvalue weighted by Crippen LogP contribution is 2.40. The Hall–Kier alpha value is -3.38. The number of β-amino-alcohol motifs (C(OH)–C–C–N with tert-alkyl or cyclic N) is 1. The van der Waals surface area contributed by atoms with Crippen molar-refractivity contribution in [2.45, 2.75) is 83.3 Å². The smallest absolute Gasteiger partial charge is 0.305 e. The minimum Gasteiger partial charge on any atom is -0.481 e. The van der Waals surface area contributed by atoms with Crippen LogP contribution >= 0.6 is 11.3 Å². The van der Waals surface area contributed by atoms with E-state index in [9.17, 15) is 33.8 Å². The third-order valence-corrected chi connectivity index (χ3v) is 8.34. The van der Waals surface area contributed by atoms with Crippen LogP contribution in [0.1, 0.15) is 63.8 Å². The van der Waals surface area contributed by atoms with Gasteiger partial charge in [0.2, 0.25) is 11.8 Å². The zero-order chi connectivity index (χ0) is 29.4. The number of aromatic nitrogens is 1. The van der Waals surface area contributed by atoms with Crippen molar-refractivity contribution in [3.05, 3.63) is 41.0 Å². The molecule has 3 amide bonds. The molecule has 1 saturated carbocycles. The van der Waals surface area contributed by atoms with Gasteiger partial charge in [0.25, 0.3) is 5.91 Å². The molecule has 216 valence electrons. The number of amides is 3. The molecule has 1 saturated heterocycles. The maximum atomic E-state index is 14.4. The SMILES string of the molecule is Cc1ncsc1-c1ccc([C@H](CC(=O)O)NC(=O)[C@@H]2C[C@@H](O)CN2C(=O)C(NC(=O)C2(F)CC2)C(C)(C)C)cc1. The number of hydrogen-bond acceptors (Lipinski definition) is 7. The molecule has 1 aliphatic carbocycles. The third-order valence-electron chi connectivity index (χ3n) is 7.37. The zero-order valence-electron chi connectivity index (χ0n) is 22.9. The van der Waals surface area contributed by atoms with Crippen molar-refractivity contribution in [1.29, 1.82) is 0 Å². The van der Waals surface area contributed by atoms with Gasteiger partial charge in [-0.15, -0.1) is 11.3 Å². The van der Waals surface area contributed by atoms with E-state index >= 15 is 0 Å². The predicted octanol–water partition coefficient (Wildman–Crippen LogP) is 2.75. The normalized spacial score (nSPS) is 21.4. The van der Waals surface area contributed by atoms with Gasteiger partial charge in [0.15, 0.2) is 5.67 Å². The number of carboxylic acids is 1. The van der Waals surface area contributed by atoms with Crippen LogP contribution in [0, 0.1) is 12.3 Å². The molecule has 12 heteroatoms. The molecule has 1 aromatic carbocycles. The molecule has 1 aliphatic heterocycles. The number of rotatable bonds is 9. The second-order valence-electron chi connectivity index (χ2n) is 11.7. The van der Waals surface area contributed by atoms with Crippen molar-refractivity contribution < 1.29 is 33.8 Å². The molecule has 4 rings (SSSR count). The first-order chi connectivity index (χ1) is 18.7. The number of aliphatic carboxylic acids is 1. The van der Waals surface area contributed by atoms with E-state index in [-0.39, 0.29) is 25.8 Å². The van der Waals surface area contributed by atoms with Gasteiger partial charge in [0.05, 0.1) is 34.6 Å². The van der Waals surface area contributed by atoms with Gasteiger partial charge in [0, 0.05) is 13.0 Å². The van der Waals surface area contributed by atoms with Crippen molar-refractivity contribution in [3.63, 3.8) is 0 Å². The number of nitrogens with one attached hydrogen (secondary N) is 2. The molecule has 0 spiro atoms. The summed E-state index contributed by atoms with van der Waals surface area (Å²) in [5.41, 5.74) is 1.31. The molecule has 0 radical (unpaired) electrons. The highest BCUT2D eigenvalue weighted by atomic mass is 32.1. The maximum absolute atomic E-state index is 14.4. The Morgan fingerprint density at radius 2 is 1.82 bits per heavy atom. The highest BCUT2D eigenvalue weighted by Gasteiger charge is 2.53. The number of likely N-dealkylation sites (tertiary alicyclic amines) is 1. The van der Waals surface area contributed by atoms with Crippen LogP contribution in [0.2, 0.25) is 0 Å². The van der Waals surface area contributed by atoms with E-state index < -0.39 is 65.4 Å². The summed E-state index contributed by atoms with van der Waals surface area (Å²) < 4.78 is 14.4. The first-order valence-corrected chi connectivity index (χ1v) is 14.1. The quantitative estimate of drug-likeness (QED) is 0.360. The van der Waals surface area contributed by atoms with Gasteiger partial charge >= 0.3 is 5.97 Å². The largest absolute Gasteiger partial charge is 0.481 e. The number of aliphatic hydroxyl groups is 1. The third kappa shape index (κ3) is 6.49. The lowest BCUT2D eigenvalue weighted by Gasteiger charge is -2.36. The molecule has 2 aliphatic rings. The summed E-state index contributed by atoms with van der Waals surface area (Å²) in [5.74, 6) is -3.22. The van der Waals surface area contributed by atoms with E-state index in [4.69, 9.17) is 0 Å². The van der Waals surface area contributed by atoms with E-state index in [0.29, 0.717) is 5.56 Å². The van der Waals surface area contributed by atoms with Gasteiger partial charge < -0.3 is 25.7 Å². The summed E-state index contributed by atoms with van der Waals surface area (Å²) in [5, 5.41) is 25.2. The molecule has 2 aromatic rings. The van der Waals surface area contributed by atoms with Crippen LogP contribution in [-0.4, -0.2) is 74.2 Å². The number of benzene rings is 1. The van der Waals surface area contributed by atoms with Gasteiger partial charge in [-0.3, -0.25) is 19.2 Å². The summed E-state index contributed by atoms with van der Waals surface area (Å²) in [6.45, 7) is 6.90. The first-order valence-electron chi connectivity index (χ1n) is 13.2. The Balaban J connectivity index is 1.53. The average Bonchev–Trinajstić information content (AvgIpc) is 3.28. The van der Waals surface area contributed by atoms with Crippen molar-refractivity contribution in [1.82, 2.24) is 20.5 Å². The second-order valence-corrected chi connectivity index (χ2v) is 12.5. The van der Waals surface area contributed by atoms with Crippen LogP contribution in [0.15, 0.2) is 29.8 Å². The first kappa shape index (κ1) is 29.6. The van der Waals surface area contributed by atoms with Gasteiger partial charge in [-0.2, -0.15) is 0 Å². The monoisotopic (exact) mass is 574 g/mol. The molecule has 1 aromatic heterocycles. The van der Waals surface area contributed by atoms with Crippen LogP contribution in [0.25, 0.3) is 10.4 Å². The second kappa shape index (κ2) is 11.2. The highest BCUT2D eigenvalue weighted by molar-refractivity contribution is 7.13. The number of aliphatic hydroxyl groups excluding tert-OH is 1. The fourth-order valence-corrected chi connectivity index (χ4v) is 5.67. The molecule has 1 unspecified atom stereocenters. The summed E-state index contributed by atoms with van der Waals surface area (Å²) in [6, 6.07) is 4.03. The molecule has 2 fully saturated rings. The minimum atomic E-state index is -1.98. The van der Waals surface area contributed by atoms with Crippen molar-refractivity contribution in [2.24, 2.45) is 5.41 Å². The number of halogens is 1. The standard InChI is InChI=1S/C28H35FN4O6S/c1-15-22(40-14-30-15)17-7-5-16(6-8-17)19(12-21(35)36)31-24(37)20-11-18(34)13-33(20)25(38)23(27(2,3)4)32-26(39)28(29)9-10-28/h5-8,14,18-20,23,34H,9-13H2,1-4H3,(H,31,37)(H,32,39)(H,35,36)/t18-,19+,20+,23?/m1/s1. The van der Waals surface area contributed by atoms with Gasteiger partial charge in [-0.1, -0.05) is 45.0 Å². The van der Waals surface area contributed by atoms with E-state index in [1.165, 1.54) is 16.2 Å². The van der Waals surface area contributed by atoms with Crippen LogP contribution in [0.4, 0.5) is 4.39 Å². The summed E-state index contributed by atoms with van der Waals surface area (Å²) >= 11 is 1.49. The Kier molecular flexibility index (Phi) is 8.32. The number of carbonyl (C=O) groups is 4. The van der Waals surface area contributed by atoms with Crippen molar-refractivity contribution in [2.75, 3.05) is 6.54 Å². The lowest BCUT2D eigenvalue weighted by atomic mass is 9.85. The van der Waals surface area contributed by atoms with Crippen molar-refractivity contribution in [3.8, 4) is 10.4 Å². The number of aryl methyl sites for hydroxylation is 1. The van der Waals surface area contributed by atoms with Gasteiger partial charge in [-0.25, -0.2) is 9.37 Å². The molecule has 4 atom stereocenters. The Bertz CT molecular complexity index is 1290. The Morgan fingerprint density at radius 3 is 2.35 bits per heavy atom. The number of thiazole rings is 1. The minimum absolute atomic E-state index is 0.0567. The maximum Gasteiger partial charge on any atom is 0.305 e. The summed E-state index contributed by atoms with van der Waals surface area (Å²) in [7, 11) is 0. The average molecular weight is 575 g/mol. The van der Waals surface area contributed by atoms with E-state index in [2.05, 4.69) is 15.6 Å². The molecule has 4 N–H and O–H groups in total. The van der Waals surface area contributed by atoms with E-state index in [0.717, 1.165) is 16.1 Å². The lowest BCUT2D eigenvalue weighted by Crippen LogP contribution is -2.59. The van der Waals surface area contributed by atoms with E-state index in [1.807, 2.05) is 19.1 Å². The molecule has 10 nitrogen and oxygen atoms in total. The fourth-order valence-electron chi connectivity index (χ4n) is 4.86. The van der Waals surface area contributed by atoms with Crippen LogP contribution < -0.4 is 10.6 Å². The van der Waals surface area contributed by atoms with Gasteiger partial charge in [0.1, 0.15) is 12.1 Å². The lowest BCUT2D eigenvalue weighted by molar-refractivity contribution is -0.145. The number of carboxylic acid groups (broad SMARTS) is 1. The van der Waals surface area contributed by atoms with Crippen LogP contribution in [0.5, 0.6) is 0 Å². The van der Waals surface area contributed by atoms with Crippen molar-refractivity contribution >= 4 is 35.0 Å². The molecule has 0 bridgehead atoms. The number of hydrogen-bond donors (Lipinski definition) is 4. The zero-order valence-corrected chi connectivity index (χ0v) is 23.8. The summed E-state index contributed by atoms with van der Waals surface area (Å²) in [6.07, 6.45) is -1.27. The number of nitrogens with zero attached hydrogens (tertiary/aromatic N) is 2. The molecular weight excluding hydrogens is 539 g/mol. The number of carbonyl (C=O) groups excluding carboxylic acids is 3. The van der Waals surface area contributed by atoms with Gasteiger partial charge in [-0.05, 0) is 36.3 Å². The molecular formula is C28H35FN4O6S. The number of alkyl halides is 1. The fraction of sp³-hybridized carbons (Fsp3) is 0.536.